The maximum Gasteiger partial charge on any atom is 0.0545 e. The van der Waals surface area contributed by atoms with E-state index in [0.717, 1.165) is 19.1 Å². The minimum atomic E-state index is 0.598. The lowest BCUT2D eigenvalue weighted by Gasteiger charge is -2.53. The average molecular weight is 228 g/mol. The molecule has 1 heteroatoms. The molecule has 1 aromatic rings. The van der Waals surface area contributed by atoms with Crippen molar-refractivity contribution in [2.75, 3.05) is 13.2 Å². The molecule has 0 atom stereocenters. The van der Waals surface area contributed by atoms with Crippen molar-refractivity contribution in [3.8, 4) is 0 Å². The molecule has 0 N–H and O–H groups in total. The Balaban J connectivity index is 1.54. The van der Waals surface area contributed by atoms with Crippen LogP contribution >= 0.6 is 0 Å². The number of hydrogen-bond donors (Lipinski definition) is 0. The number of ether oxygens (including phenoxy) is 1. The average Bonchev–Trinajstić information content (AvgIpc) is 2.25. The van der Waals surface area contributed by atoms with Crippen LogP contribution in [0.2, 0.25) is 0 Å². The Labute approximate surface area is 103 Å². The molecule has 1 heterocycles. The normalized spacial score (nSPS) is 26.1. The standard InChI is InChI=1S/C16H20O/c1-2-4-13-7-14(6-5-12(13)3-1)15-8-16(9-15)10-17-11-16/h5-7,15H,1-4,8-11H2. The van der Waals surface area contributed by atoms with E-state index < -0.39 is 0 Å². The summed E-state index contributed by atoms with van der Waals surface area (Å²) in [6.45, 7) is 2.04. The first-order chi connectivity index (χ1) is 8.35. The van der Waals surface area contributed by atoms with Gasteiger partial charge in [0.25, 0.3) is 0 Å². The minimum Gasteiger partial charge on any atom is -0.380 e. The summed E-state index contributed by atoms with van der Waals surface area (Å²) in [6, 6.07) is 7.29. The van der Waals surface area contributed by atoms with E-state index in [0.29, 0.717) is 5.41 Å². The van der Waals surface area contributed by atoms with Gasteiger partial charge in [0.1, 0.15) is 0 Å². The second-order valence-electron chi connectivity index (χ2n) is 6.33. The van der Waals surface area contributed by atoms with Gasteiger partial charge in [-0.25, -0.2) is 0 Å². The van der Waals surface area contributed by atoms with E-state index in [1.54, 1.807) is 16.7 Å². The van der Waals surface area contributed by atoms with Crippen LogP contribution in [-0.4, -0.2) is 13.2 Å². The van der Waals surface area contributed by atoms with Crippen LogP contribution in [0.25, 0.3) is 0 Å². The van der Waals surface area contributed by atoms with Crippen molar-refractivity contribution >= 4 is 0 Å². The smallest absolute Gasteiger partial charge is 0.0545 e. The lowest BCUT2D eigenvalue weighted by atomic mass is 9.58. The van der Waals surface area contributed by atoms with Gasteiger partial charge in [0.05, 0.1) is 13.2 Å². The van der Waals surface area contributed by atoms with Gasteiger partial charge in [-0.05, 0) is 61.1 Å². The van der Waals surface area contributed by atoms with Gasteiger partial charge in [-0.2, -0.15) is 0 Å². The zero-order valence-electron chi connectivity index (χ0n) is 10.4. The van der Waals surface area contributed by atoms with Crippen molar-refractivity contribution in [3.05, 3.63) is 34.9 Å². The second kappa shape index (κ2) is 3.58. The number of aryl methyl sites for hydroxylation is 2. The predicted molar refractivity (Wildman–Crippen MR) is 68.3 cm³/mol. The molecule has 0 radical (unpaired) electrons. The molecule has 2 aliphatic carbocycles. The van der Waals surface area contributed by atoms with Crippen molar-refractivity contribution in [2.45, 2.75) is 44.4 Å². The van der Waals surface area contributed by atoms with Crippen LogP contribution in [0.1, 0.15) is 48.3 Å². The lowest BCUT2D eigenvalue weighted by molar-refractivity contribution is -0.164. The molecule has 90 valence electrons. The Morgan fingerprint density at radius 1 is 1.00 bits per heavy atom. The largest absolute Gasteiger partial charge is 0.380 e. The summed E-state index contributed by atoms with van der Waals surface area (Å²) >= 11 is 0. The molecule has 1 saturated heterocycles. The van der Waals surface area contributed by atoms with Crippen LogP contribution < -0.4 is 0 Å². The van der Waals surface area contributed by atoms with Gasteiger partial charge < -0.3 is 4.74 Å². The maximum absolute atomic E-state index is 5.35. The molecular weight excluding hydrogens is 208 g/mol. The quantitative estimate of drug-likeness (QED) is 0.715. The van der Waals surface area contributed by atoms with Crippen molar-refractivity contribution in [3.63, 3.8) is 0 Å². The highest BCUT2D eigenvalue weighted by Gasteiger charge is 2.49. The fraction of sp³-hybridized carbons (Fsp3) is 0.625. The van der Waals surface area contributed by atoms with Gasteiger partial charge in [0, 0.05) is 5.41 Å². The van der Waals surface area contributed by atoms with Crippen LogP contribution in [0.15, 0.2) is 18.2 Å². The van der Waals surface area contributed by atoms with Gasteiger partial charge in [-0.1, -0.05) is 18.2 Å². The second-order valence-corrected chi connectivity index (χ2v) is 6.33. The van der Waals surface area contributed by atoms with E-state index in [-0.39, 0.29) is 0 Å². The van der Waals surface area contributed by atoms with Gasteiger partial charge in [-0.15, -0.1) is 0 Å². The summed E-state index contributed by atoms with van der Waals surface area (Å²) in [5, 5.41) is 0. The lowest BCUT2D eigenvalue weighted by Crippen LogP contribution is -2.51. The molecule has 1 aromatic carbocycles. The Bertz CT molecular complexity index is 437. The summed E-state index contributed by atoms with van der Waals surface area (Å²) in [6.07, 6.45) is 8.12. The highest BCUT2D eigenvalue weighted by molar-refractivity contribution is 5.36. The van der Waals surface area contributed by atoms with Crippen LogP contribution in [0.4, 0.5) is 0 Å². The Kier molecular flexibility index (Phi) is 2.14. The molecule has 2 fully saturated rings. The third-order valence-corrected chi connectivity index (χ3v) is 5.02. The zero-order valence-corrected chi connectivity index (χ0v) is 10.4. The van der Waals surface area contributed by atoms with E-state index in [1.165, 1.54) is 38.5 Å². The first-order valence-electron chi connectivity index (χ1n) is 7.04. The van der Waals surface area contributed by atoms with Crippen molar-refractivity contribution in [2.24, 2.45) is 5.41 Å². The molecular formula is C16H20O. The fourth-order valence-corrected chi connectivity index (χ4v) is 3.86. The van der Waals surface area contributed by atoms with Crippen molar-refractivity contribution < 1.29 is 4.74 Å². The summed E-state index contributed by atoms with van der Waals surface area (Å²) in [4.78, 5) is 0. The van der Waals surface area contributed by atoms with E-state index in [2.05, 4.69) is 18.2 Å². The van der Waals surface area contributed by atoms with E-state index in [9.17, 15) is 0 Å². The molecule has 1 aliphatic heterocycles. The number of hydrogen-bond acceptors (Lipinski definition) is 1. The van der Waals surface area contributed by atoms with Gasteiger partial charge in [0.2, 0.25) is 0 Å². The third-order valence-electron chi connectivity index (χ3n) is 5.02. The van der Waals surface area contributed by atoms with Gasteiger partial charge in [0.15, 0.2) is 0 Å². The Morgan fingerprint density at radius 3 is 2.47 bits per heavy atom. The van der Waals surface area contributed by atoms with Crippen LogP contribution in [-0.2, 0) is 17.6 Å². The van der Waals surface area contributed by atoms with Crippen molar-refractivity contribution in [1.29, 1.82) is 0 Å². The predicted octanol–water partition coefficient (Wildman–Crippen LogP) is 3.46. The zero-order chi connectivity index (χ0) is 11.3. The molecule has 0 amide bonds. The maximum atomic E-state index is 5.35. The number of benzene rings is 1. The molecule has 0 aromatic heterocycles. The molecule has 1 saturated carbocycles. The van der Waals surface area contributed by atoms with E-state index in [4.69, 9.17) is 4.74 Å². The van der Waals surface area contributed by atoms with Crippen LogP contribution in [0, 0.1) is 5.41 Å². The Hall–Kier alpha value is -0.820. The molecule has 0 bridgehead atoms. The van der Waals surface area contributed by atoms with Gasteiger partial charge in [-0.3, -0.25) is 0 Å². The first-order valence-corrected chi connectivity index (χ1v) is 7.04. The molecule has 1 nitrogen and oxygen atoms in total. The molecule has 0 unspecified atom stereocenters. The van der Waals surface area contributed by atoms with Crippen LogP contribution in [0.3, 0.4) is 0 Å². The molecule has 3 aliphatic rings. The monoisotopic (exact) mass is 228 g/mol. The summed E-state index contributed by atoms with van der Waals surface area (Å²) in [5.41, 5.74) is 5.45. The Morgan fingerprint density at radius 2 is 1.76 bits per heavy atom. The molecule has 17 heavy (non-hydrogen) atoms. The topological polar surface area (TPSA) is 9.23 Å². The molecule has 4 rings (SSSR count). The van der Waals surface area contributed by atoms with E-state index >= 15 is 0 Å². The fourth-order valence-electron chi connectivity index (χ4n) is 3.86. The first kappa shape index (κ1) is 10.1. The SMILES string of the molecule is c1cc2c(cc1C1CC3(COC3)C1)CCCC2. The summed E-state index contributed by atoms with van der Waals surface area (Å²) < 4.78 is 5.35. The summed E-state index contributed by atoms with van der Waals surface area (Å²) in [5.74, 6) is 0.825. The molecule has 1 spiro atoms. The number of rotatable bonds is 1. The third kappa shape index (κ3) is 1.55. The van der Waals surface area contributed by atoms with Crippen molar-refractivity contribution in [1.82, 2.24) is 0 Å². The highest BCUT2D eigenvalue weighted by atomic mass is 16.5. The number of fused-ring (bicyclic) bond motifs is 1. The van der Waals surface area contributed by atoms with Gasteiger partial charge >= 0.3 is 0 Å². The summed E-state index contributed by atoms with van der Waals surface area (Å²) in [7, 11) is 0. The van der Waals surface area contributed by atoms with E-state index in [1.807, 2.05) is 0 Å². The minimum absolute atomic E-state index is 0.598. The highest BCUT2D eigenvalue weighted by Crippen LogP contribution is 2.55. The van der Waals surface area contributed by atoms with Crippen LogP contribution in [0.5, 0.6) is 0 Å².